The van der Waals surface area contributed by atoms with E-state index < -0.39 is 232 Å². The van der Waals surface area contributed by atoms with E-state index in [0.29, 0.717) is 24.3 Å². The Morgan fingerprint density at radius 2 is 0.647 bits per heavy atom. The molecule has 2 heterocycles. The van der Waals surface area contributed by atoms with Gasteiger partial charge in [0.05, 0.1) is 63.5 Å². The van der Waals surface area contributed by atoms with Crippen molar-refractivity contribution in [1.82, 2.24) is 29.9 Å². The van der Waals surface area contributed by atoms with Crippen molar-refractivity contribution in [2.75, 3.05) is 10.6 Å². The van der Waals surface area contributed by atoms with E-state index >= 15 is 0 Å². The van der Waals surface area contributed by atoms with Crippen molar-refractivity contribution in [2.24, 2.45) is 30.4 Å². The third kappa shape index (κ3) is 24.4. The van der Waals surface area contributed by atoms with E-state index in [0.717, 1.165) is 109 Å². The van der Waals surface area contributed by atoms with Gasteiger partial charge in [-0.3, -0.25) is 19.1 Å². The second kappa shape index (κ2) is 40.4. The average Bonchev–Trinajstić information content (AvgIpc) is 0.768. The van der Waals surface area contributed by atoms with Crippen LogP contribution in [0, 0.1) is 0 Å². The summed E-state index contributed by atoms with van der Waals surface area (Å²) in [6.07, 6.45) is 0. The Hall–Kier alpha value is -2.88. The second-order valence-corrected chi connectivity index (χ2v) is 33.6. The fourth-order valence-electron chi connectivity index (χ4n) is 10.7. The zero-order chi connectivity index (χ0) is 78.5. The number of nitrogens with zero attached hydrogens (tertiary/aromatic N) is 10. The molecule has 0 aliphatic rings. The number of aromatic amines is 2. The predicted molar refractivity (Wildman–Crippen MR) is 362 cm³/mol. The van der Waals surface area contributed by atoms with Crippen molar-refractivity contribution >= 4 is 205 Å². The molecule has 0 saturated heterocycles. The summed E-state index contributed by atoms with van der Waals surface area (Å²) in [5.74, 6) is -3.28. The number of azo groups is 2. The molecule has 0 atom stereocenters. The van der Waals surface area contributed by atoms with Gasteiger partial charge < -0.3 is 48.2 Å². The molecule has 6 N–H and O–H groups in total. The van der Waals surface area contributed by atoms with Gasteiger partial charge in [0.1, 0.15) is 70.5 Å². The number of nitrogens with one attached hydrogen (secondary N) is 4. The Kier molecular flexibility index (Phi) is 36.7. The molecule has 116 heavy (non-hydrogen) atoms. The number of hydrogen-bond acceptors (Lipinski definition) is 36. The van der Waals surface area contributed by atoms with Gasteiger partial charge in [-0.25, -0.2) is 60.5 Å². The van der Waals surface area contributed by atoms with E-state index in [2.05, 4.69) is 71.0 Å². The summed E-state index contributed by atoms with van der Waals surface area (Å²) in [6, 6.07) is 22.1. The maximum Gasteiger partial charge on any atom is 1.00 e. The van der Waals surface area contributed by atoms with E-state index in [-0.39, 0.29) is 269 Å². The normalized spacial score (nSPS) is 12.5. The molecule has 0 fully saturated rings. The maximum absolute atomic E-state index is 13.9. The van der Waals surface area contributed by atoms with Gasteiger partial charge in [0.15, 0.2) is 0 Å². The van der Waals surface area contributed by atoms with Crippen LogP contribution < -0.4 is 269 Å². The van der Waals surface area contributed by atoms with E-state index in [1.54, 1.807) is 0 Å². The number of anilines is 4. The minimum atomic E-state index is -5.64. The topological polar surface area (TPSA) is 679 Å². The third-order valence-corrected chi connectivity index (χ3v) is 22.4. The summed E-state index contributed by atoms with van der Waals surface area (Å²) in [5.41, 5.74) is -6.62. The minimum Gasteiger partial charge on any atom is -0.871 e. The van der Waals surface area contributed by atoms with Crippen LogP contribution >= 0.6 is 23.2 Å². The van der Waals surface area contributed by atoms with Gasteiger partial charge in [0.2, 0.25) is 33.7 Å². The monoisotopic (exact) mass is 1850 g/mol. The zero-order valence-corrected chi connectivity index (χ0v) is 84.1. The first-order valence-corrected chi connectivity index (χ1v) is 40.7. The molecule has 12 rings (SSSR count). The van der Waals surface area contributed by atoms with Crippen molar-refractivity contribution in [3.63, 3.8) is 0 Å². The molecule has 0 amide bonds. The van der Waals surface area contributed by atoms with Crippen molar-refractivity contribution in [2.45, 2.75) is 39.2 Å². The van der Waals surface area contributed by atoms with Gasteiger partial charge in [0, 0.05) is 44.0 Å². The first-order valence-electron chi connectivity index (χ1n) is 28.6. The Balaban J connectivity index is 0.00000354. The smallest absolute Gasteiger partial charge is 0.871 e. The Morgan fingerprint density at radius 3 is 0.957 bits per heavy atom. The van der Waals surface area contributed by atoms with E-state index in [1.807, 2.05) is 0 Å². The van der Waals surface area contributed by atoms with E-state index in [4.69, 9.17) is 23.2 Å². The molecule has 0 radical (unpaired) electrons. The van der Waals surface area contributed by atoms with E-state index in [1.165, 1.54) is 12.1 Å². The number of aromatic nitrogens is 6. The molecule has 0 aliphatic heterocycles. The molecule has 12 aromatic rings. The molecular formula is C58H30Cl2N14Na8O26S8. The quantitative estimate of drug-likeness (QED) is 0.0249. The van der Waals surface area contributed by atoms with Crippen LogP contribution in [0.25, 0.3) is 54.2 Å². The van der Waals surface area contributed by atoms with Gasteiger partial charge in [-0.05, 0) is 142 Å². The summed E-state index contributed by atoms with van der Waals surface area (Å²) < 4.78 is 295. The number of H-pyrrole nitrogens is 2. The number of fused-ring (bicyclic) bond motifs is 4. The maximum atomic E-state index is 13.9. The summed E-state index contributed by atoms with van der Waals surface area (Å²) in [4.78, 5) is 20.7. The summed E-state index contributed by atoms with van der Waals surface area (Å²) in [6.45, 7) is 0. The van der Waals surface area contributed by atoms with Crippen molar-refractivity contribution in [3.8, 4) is 22.6 Å². The van der Waals surface area contributed by atoms with Gasteiger partial charge in [-0.1, -0.05) is 60.0 Å². The summed E-state index contributed by atoms with van der Waals surface area (Å²) in [5, 5.41) is 43.5. The minimum absolute atomic E-state index is 0. The third-order valence-electron chi connectivity index (χ3n) is 15.0. The van der Waals surface area contributed by atoms with Crippen LogP contribution in [0.1, 0.15) is 0 Å². The SMILES string of the molecule is O=S(=O)([O-])c1cc(N=c2nc(Nc3ccc4c([O-])c(N=Nc5cc(S(=O)(=O)[O-])c6cccc(S(=O)(=O)[O-])c6c5)c(S(=O)(=O)O)cc4c3)nc(Cl)[nH]2)ccc1-c1ccc(N=c2nc(Nc3ccc4c([O-])c(N=Nc5cc(S(=O)(=O)[O-])c6cccc(S(=O)(=O)[O-])c6c5)c(S(=O)(=O)O)cc4c3)nc(Cl)[nH]2)cc1S(=O)(=O)[O-].[Na+].[Na+].[Na+].[Na+].[Na+].[Na+].[Na+].[Na+]. The van der Waals surface area contributed by atoms with Crippen LogP contribution in [0.5, 0.6) is 11.5 Å². The van der Waals surface area contributed by atoms with Gasteiger partial charge in [0.25, 0.3) is 20.2 Å². The molecule has 10 aromatic carbocycles. The fourth-order valence-corrected chi connectivity index (χ4v) is 16.5. The van der Waals surface area contributed by atoms with E-state index in [9.17, 15) is 114 Å². The number of benzene rings is 10. The Labute approximate surface area is 841 Å². The van der Waals surface area contributed by atoms with Crippen LogP contribution in [0.15, 0.2) is 215 Å². The van der Waals surface area contributed by atoms with Gasteiger partial charge in [-0.2, -0.15) is 47.0 Å². The van der Waals surface area contributed by atoms with Crippen LogP contribution in [-0.2, 0) is 80.9 Å². The number of hydrogen-bond donors (Lipinski definition) is 6. The Bertz CT molecular complexity index is 6820. The first-order chi connectivity index (χ1) is 50.1. The molecule has 0 bridgehead atoms. The molecular weight excluding hydrogens is 1820 g/mol. The largest absolute Gasteiger partial charge is 1.00 e. The van der Waals surface area contributed by atoms with Crippen LogP contribution in [0.2, 0.25) is 10.6 Å². The predicted octanol–water partition coefficient (Wildman–Crippen LogP) is -17.6. The van der Waals surface area contributed by atoms with Crippen LogP contribution in [0.4, 0.5) is 57.4 Å². The Morgan fingerprint density at radius 1 is 0.328 bits per heavy atom. The second-order valence-electron chi connectivity index (χ2n) is 22.0. The molecule has 0 unspecified atom stereocenters. The van der Waals surface area contributed by atoms with Crippen LogP contribution in [0.3, 0.4) is 0 Å². The molecule has 0 aliphatic carbocycles. The summed E-state index contributed by atoms with van der Waals surface area (Å²) >= 11 is 12.5. The van der Waals surface area contributed by atoms with Crippen LogP contribution in [-0.4, -0.2) is 134 Å². The van der Waals surface area contributed by atoms with Crippen molar-refractivity contribution in [1.29, 1.82) is 0 Å². The molecule has 58 heteroatoms. The molecule has 2 aromatic heterocycles. The molecule has 558 valence electrons. The van der Waals surface area contributed by atoms with Gasteiger partial charge >= 0.3 is 236 Å². The number of halogens is 2. The molecule has 40 nitrogen and oxygen atoms in total. The summed E-state index contributed by atoms with van der Waals surface area (Å²) in [7, 11) is -43.6. The fraction of sp³-hybridized carbons (Fsp3) is 0. The average molecular weight is 1850 g/mol. The molecule has 0 saturated carbocycles. The standard InChI is InChI=1S/C58H38Cl2N14O26S8.8Na/c59-53-65-55(61-27-7-11-33-25(15-27)17-47(107(95,96)97)49(51(33)75)73-71-31-19-39-35(45(23-31)105(89,90)91)3-1-5-41(39)101(77,78)79)69-57(67-53)63-29-9-13-37(43(21-29)103(83,84)85)38-14-10-30(22-44(38)104(86,87)88)64-58-68-54(60)66-56(70-58)62-28-8-12-34-26(16-28)18-48(108(98,99)100)50(52(34)76)74-72-32-20-40-36(46(24-32)106(92,93)94)4-2-6-42(40)102(80,81)82;;;;;;;;/h1-24,75-76H,(H,77,78,79)(H,80,81,82)(H,83,84,85)(H,86,87,88)(H,89,90,91)(H,92,93,94)(H,95,96,97)(H,98,99,100)(H2,61,63,65,67,69)(H2,62,64,66,68,70);;;;;;;;/q;8*+1/p-8. The zero-order valence-electron chi connectivity index (χ0n) is 60.0. The molecule has 0 spiro atoms. The first kappa shape index (κ1) is 105. The van der Waals surface area contributed by atoms with Gasteiger partial charge in [-0.15, -0.1) is 10.2 Å². The van der Waals surface area contributed by atoms with Crippen molar-refractivity contribution in [3.05, 3.63) is 167 Å². The van der Waals surface area contributed by atoms with Crippen molar-refractivity contribution < 1.29 is 350 Å². The number of rotatable bonds is 19.